The maximum Gasteiger partial charge on any atom is 0.0771 e. The average Bonchev–Trinajstić information content (AvgIpc) is 2.63. The zero-order chi connectivity index (χ0) is 12.5. The zero-order valence-electron chi connectivity index (χ0n) is 11.0. The molecule has 1 aromatic heterocycles. The van der Waals surface area contributed by atoms with Crippen LogP contribution in [0.1, 0.15) is 49.8 Å². The van der Waals surface area contributed by atoms with Crippen molar-refractivity contribution in [3.05, 3.63) is 21.9 Å². The molecule has 0 spiro atoms. The van der Waals surface area contributed by atoms with Gasteiger partial charge in [-0.2, -0.15) is 0 Å². The van der Waals surface area contributed by atoms with E-state index in [2.05, 4.69) is 38.2 Å². The van der Waals surface area contributed by atoms with E-state index in [9.17, 15) is 5.11 Å². The Morgan fingerprint density at radius 3 is 2.53 bits per heavy atom. The van der Waals surface area contributed by atoms with Crippen molar-refractivity contribution in [1.82, 2.24) is 5.32 Å². The fraction of sp³-hybridized carbons (Fsp3) is 0.714. The van der Waals surface area contributed by atoms with Crippen molar-refractivity contribution in [2.24, 2.45) is 0 Å². The van der Waals surface area contributed by atoms with E-state index in [0.29, 0.717) is 0 Å². The largest absolute Gasteiger partial charge is 0.389 e. The number of nitrogens with one attached hydrogen (secondary N) is 1. The second-order valence-electron chi connectivity index (χ2n) is 6.20. The molecule has 2 rings (SSSR count). The first-order valence-electron chi connectivity index (χ1n) is 6.41. The molecule has 0 atom stereocenters. The van der Waals surface area contributed by atoms with Gasteiger partial charge in [0, 0.05) is 22.8 Å². The molecule has 1 aromatic rings. The molecular formula is C14H23NOS. The van der Waals surface area contributed by atoms with Crippen molar-refractivity contribution in [2.45, 2.75) is 57.6 Å². The van der Waals surface area contributed by atoms with Gasteiger partial charge in [-0.25, -0.2) is 0 Å². The first-order valence-corrected chi connectivity index (χ1v) is 7.23. The third-order valence-electron chi connectivity index (χ3n) is 3.44. The molecule has 0 radical (unpaired) electrons. The van der Waals surface area contributed by atoms with Crippen molar-refractivity contribution < 1.29 is 5.11 Å². The molecule has 96 valence electrons. The van der Waals surface area contributed by atoms with E-state index < -0.39 is 5.60 Å². The first kappa shape index (κ1) is 13.1. The van der Waals surface area contributed by atoms with Crippen LogP contribution in [0.5, 0.6) is 0 Å². The topological polar surface area (TPSA) is 32.3 Å². The molecule has 1 aliphatic rings. The lowest BCUT2D eigenvalue weighted by Gasteiger charge is -2.36. The SMILES string of the molecule is CC(C)(C)c1ccc(CNCC2(O)CCC2)s1. The summed E-state index contributed by atoms with van der Waals surface area (Å²) in [5.41, 5.74) is -0.167. The summed E-state index contributed by atoms with van der Waals surface area (Å²) in [5.74, 6) is 0. The molecule has 0 bridgehead atoms. The smallest absolute Gasteiger partial charge is 0.0771 e. The molecule has 1 aliphatic carbocycles. The molecular weight excluding hydrogens is 230 g/mol. The van der Waals surface area contributed by atoms with Crippen molar-refractivity contribution in [3.63, 3.8) is 0 Å². The van der Waals surface area contributed by atoms with Crippen LogP contribution in [0, 0.1) is 0 Å². The Kier molecular flexibility index (Phi) is 3.62. The Labute approximate surface area is 108 Å². The van der Waals surface area contributed by atoms with Gasteiger partial charge in [0.25, 0.3) is 0 Å². The van der Waals surface area contributed by atoms with Crippen molar-refractivity contribution >= 4 is 11.3 Å². The summed E-state index contributed by atoms with van der Waals surface area (Å²) in [7, 11) is 0. The number of rotatable bonds is 4. The van der Waals surface area contributed by atoms with E-state index in [0.717, 1.165) is 25.9 Å². The minimum Gasteiger partial charge on any atom is -0.389 e. The highest BCUT2D eigenvalue weighted by Crippen LogP contribution is 2.31. The molecule has 0 aliphatic heterocycles. The quantitative estimate of drug-likeness (QED) is 0.864. The van der Waals surface area contributed by atoms with Crippen molar-refractivity contribution in [2.75, 3.05) is 6.54 Å². The number of aliphatic hydroxyl groups is 1. The predicted molar refractivity (Wildman–Crippen MR) is 73.5 cm³/mol. The van der Waals surface area contributed by atoms with Crippen LogP contribution in [0.4, 0.5) is 0 Å². The van der Waals surface area contributed by atoms with Gasteiger partial charge < -0.3 is 10.4 Å². The third kappa shape index (κ3) is 3.30. The van der Waals surface area contributed by atoms with Gasteiger partial charge in [-0.05, 0) is 36.8 Å². The van der Waals surface area contributed by atoms with Gasteiger partial charge in [0.05, 0.1) is 5.60 Å². The Morgan fingerprint density at radius 2 is 2.06 bits per heavy atom. The van der Waals surface area contributed by atoms with Gasteiger partial charge in [0.1, 0.15) is 0 Å². The zero-order valence-corrected chi connectivity index (χ0v) is 11.9. The van der Waals surface area contributed by atoms with E-state index in [1.165, 1.54) is 16.2 Å². The fourth-order valence-corrected chi connectivity index (χ4v) is 3.09. The first-order chi connectivity index (χ1) is 7.89. The van der Waals surface area contributed by atoms with Crippen LogP contribution in [-0.2, 0) is 12.0 Å². The van der Waals surface area contributed by atoms with E-state index in [-0.39, 0.29) is 5.41 Å². The van der Waals surface area contributed by atoms with Crippen LogP contribution >= 0.6 is 11.3 Å². The van der Waals surface area contributed by atoms with Crippen LogP contribution in [0.2, 0.25) is 0 Å². The van der Waals surface area contributed by atoms with Gasteiger partial charge in [0.15, 0.2) is 0 Å². The lowest BCUT2D eigenvalue weighted by molar-refractivity contribution is -0.0314. The third-order valence-corrected chi connectivity index (χ3v) is 4.95. The average molecular weight is 253 g/mol. The molecule has 0 aromatic carbocycles. The Bertz CT molecular complexity index is 374. The second kappa shape index (κ2) is 4.71. The maximum atomic E-state index is 9.96. The van der Waals surface area contributed by atoms with Gasteiger partial charge in [-0.15, -0.1) is 11.3 Å². The minimum atomic E-state index is -0.413. The second-order valence-corrected chi connectivity index (χ2v) is 7.37. The van der Waals surface area contributed by atoms with E-state index in [4.69, 9.17) is 0 Å². The molecule has 0 amide bonds. The highest BCUT2D eigenvalue weighted by Gasteiger charge is 2.33. The highest BCUT2D eigenvalue weighted by atomic mass is 32.1. The number of hydrogen-bond donors (Lipinski definition) is 2. The summed E-state index contributed by atoms with van der Waals surface area (Å²) in [6.07, 6.45) is 3.08. The van der Waals surface area contributed by atoms with Gasteiger partial charge in [-0.1, -0.05) is 20.8 Å². The molecule has 1 heterocycles. The van der Waals surface area contributed by atoms with Crippen LogP contribution in [-0.4, -0.2) is 17.3 Å². The van der Waals surface area contributed by atoms with E-state index in [1.807, 2.05) is 11.3 Å². The van der Waals surface area contributed by atoms with Gasteiger partial charge in [0.2, 0.25) is 0 Å². The molecule has 2 N–H and O–H groups in total. The Morgan fingerprint density at radius 1 is 1.35 bits per heavy atom. The van der Waals surface area contributed by atoms with E-state index >= 15 is 0 Å². The van der Waals surface area contributed by atoms with Crippen molar-refractivity contribution in [3.8, 4) is 0 Å². The van der Waals surface area contributed by atoms with Gasteiger partial charge >= 0.3 is 0 Å². The Balaban J connectivity index is 1.81. The van der Waals surface area contributed by atoms with Crippen LogP contribution in [0.3, 0.4) is 0 Å². The lowest BCUT2D eigenvalue weighted by Crippen LogP contribution is -2.45. The molecule has 1 fully saturated rings. The number of hydrogen-bond acceptors (Lipinski definition) is 3. The van der Waals surface area contributed by atoms with Crippen molar-refractivity contribution in [1.29, 1.82) is 0 Å². The summed E-state index contributed by atoms with van der Waals surface area (Å²) in [6.45, 7) is 8.34. The lowest BCUT2D eigenvalue weighted by atomic mass is 9.80. The minimum absolute atomic E-state index is 0.245. The maximum absolute atomic E-state index is 9.96. The van der Waals surface area contributed by atoms with Crippen LogP contribution < -0.4 is 5.32 Å². The van der Waals surface area contributed by atoms with Crippen LogP contribution in [0.15, 0.2) is 12.1 Å². The molecule has 1 saturated carbocycles. The summed E-state index contributed by atoms with van der Waals surface area (Å²) < 4.78 is 0. The number of thiophene rings is 1. The molecule has 2 nitrogen and oxygen atoms in total. The summed E-state index contributed by atoms with van der Waals surface area (Å²) in [6, 6.07) is 4.42. The molecule has 0 saturated heterocycles. The monoisotopic (exact) mass is 253 g/mol. The van der Waals surface area contributed by atoms with E-state index in [1.54, 1.807) is 0 Å². The normalized spacial score (nSPS) is 19.1. The summed E-state index contributed by atoms with van der Waals surface area (Å²) >= 11 is 1.87. The summed E-state index contributed by atoms with van der Waals surface area (Å²) in [5, 5.41) is 13.3. The van der Waals surface area contributed by atoms with Gasteiger partial charge in [-0.3, -0.25) is 0 Å². The Hall–Kier alpha value is -0.380. The molecule has 17 heavy (non-hydrogen) atoms. The molecule has 0 unspecified atom stereocenters. The standard InChI is InChI=1S/C14H23NOS/c1-13(2,3)12-6-5-11(17-12)9-15-10-14(16)7-4-8-14/h5-6,15-16H,4,7-10H2,1-3H3. The fourth-order valence-electron chi connectivity index (χ4n) is 2.06. The van der Waals surface area contributed by atoms with Crippen LogP contribution in [0.25, 0.3) is 0 Å². The predicted octanol–water partition coefficient (Wildman–Crippen LogP) is 3.05. The highest BCUT2D eigenvalue weighted by molar-refractivity contribution is 7.12. The summed E-state index contributed by atoms with van der Waals surface area (Å²) in [4.78, 5) is 2.79. The molecule has 3 heteroatoms.